The predicted molar refractivity (Wildman–Crippen MR) is 286 cm³/mol. The van der Waals surface area contributed by atoms with Crippen LogP contribution in [0.4, 0.5) is 0 Å². The maximum absolute atomic E-state index is 13.3. The lowest BCUT2D eigenvalue weighted by molar-refractivity contribution is -0.359. The van der Waals surface area contributed by atoms with Crippen LogP contribution in [-0.4, -0.2) is 140 Å². The summed E-state index contributed by atoms with van der Waals surface area (Å²) < 4.78 is 22.8. The summed E-state index contributed by atoms with van der Waals surface area (Å²) in [6.07, 6.45) is 33.9. The van der Waals surface area contributed by atoms with Crippen LogP contribution in [0.1, 0.15) is 258 Å². The Bertz CT molecular complexity index is 1260. The van der Waals surface area contributed by atoms with Gasteiger partial charge < -0.3 is 65.1 Å². The Morgan fingerprint density at radius 1 is 0.486 bits per heavy atom. The van der Waals surface area contributed by atoms with Gasteiger partial charge in [-0.25, -0.2) is 0 Å². The molecule has 426 valence electrons. The molecule has 72 heavy (non-hydrogen) atoms. The van der Waals surface area contributed by atoms with Crippen LogP contribution in [-0.2, 0) is 23.7 Å². The number of carbonyl (C=O) groups excluding carboxylic acids is 1. The first kappa shape index (κ1) is 66.8. The van der Waals surface area contributed by atoms with E-state index in [9.17, 15) is 45.6 Å². The third kappa shape index (κ3) is 30.5. The molecule has 14 nitrogen and oxygen atoms in total. The average molecular weight is 1030 g/mol. The van der Waals surface area contributed by atoms with Gasteiger partial charge in [0.25, 0.3) is 0 Å². The quantitative estimate of drug-likeness (QED) is 0.0205. The second-order valence-corrected chi connectivity index (χ2v) is 21.5. The summed E-state index contributed by atoms with van der Waals surface area (Å²) in [5, 5.41) is 87.1. The summed E-state index contributed by atoms with van der Waals surface area (Å²) in [5.74, 6) is -0.234. The summed E-state index contributed by atoms with van der Waals surface area (Å²) in [7, 11) is 0. The first-order valence-electron chi connectivity index (χ1n) is 29.9. The molecule has 2 heterocycles. The van der Waals surface area contributed by atoms with E-state index in [1.165, 1.54) is 193 Å². The summed E-state index contributed by atoms with van der Waals surface area (Å²) in [6, 6.07) is -0.909. The first-order valence-corrected chi connectivity index (χ1v) is 29.9. The summed E-state index contributed by atoms with van der Waals surface area (Å²) >= 11 is 0. The Balaban J connectivity index is 1.77. The van der Waals surface area contributed by atoms with Gasteiger partial charge in [0, 0.05) is 6.42 Å². The highest BCUT2D eigenvalue weighted by atomic mass is 16.7. The number of aliphatic hydroxyl groups is 8. The highest BCUT2D eigenvalue weighted by molar-refractivity contribution is 5.76. The minimum absolute atomic E-state index is 0.234. The monoisotopic (exact) mass is 1030 g/mol. The highest BCUT2D eigenvalue weighted by Gasteiger charge is 2.51. The van der Waals surface area contributed by atoms with Crippen LogP contribution < -0.4 is 5.32 Å². The van der Waals surface area contributed by atoms with E-state index in [4.69, 9.17) is 18.9 Å². The van der Waals surface area contributed by atoms with Gasteiger partial charge in [-0.05, 0) is 19.3 Å². The summed E-state index contributed by atoms with van der Waals surface area (Å²) in [5.41, 5.74) is 0. The fourth-order valence-corrected chi connectivity index (χ4v) is 10.1. The fraction of sp³-hybridized carbons (Fsp3) is 0.948. The molecular formula is C58H111NO13. The minimum Gasteiger partial charge on any atom is -0.394 e. The number of hydrogen-bond donors (Lipinski definition) is 9. The second-order valence-electron chi connectivity index (χ2n) is 21.5. The maximum Gasteiger partial charge on any atom is 0.220 e. The van der Waals surface area contributed by atoms with E-state index >= 15 is 0 Å². The van der Waals surface area contributed by atoms with E-state index in [0.29, 0.717) is 6.42 Å². The number of carbonyl (C=O) groups is 1. The van der Waals surface area contributed by atoms with Crippen LogP contribution in [0.25, 0.3) is 0 Å². The molecule has 14 heteroatoms. The SMILES string of the molecule is CCCCCCCCCCCCCCCCCC/C=C/C(O)C(COC1OC(CO)C(OC2OC(CO)C(O)C(O)C2O)C(O)C1O)NC(=O)CCCCCCCCCCCCCCCCCCCCCC. The van der Waals surface area contributed by atoms with Crippen molar-refractivity contribution in [2.24, 2.45) is 0 Å². The fourth-order valence-electron chi connectivity index (χ4n) is 10.1. The average Bonchev–Trinajstić information content (AvgIpc) is 3.38. The Hall–Kier alpha value is -1.27. The van der Waals surface area contributed by atoms with Gasteiger partial charge in [0.05, 0.1) is 32.0 Å². The smallest absolute Gasteiger partial charge is 0.220 e. The number of unbranched alkanes of at least 4 members (excludes halogenated alkanes) is 35. The summed E-state index contributed by atoms with van der Waals surface area (Å²) in [4.78, 5) is 13.3. The van der Waals surface area contributed by atoms with Gasteiger partial charge in [-0.15, -0.1) is 0 Å². The van der Waals surface area contributed by atoms with E-state index in [1.807, 2.05) is 6.08 Å². The second kappa shape index (κ2) is 44.8. The molecule has 2 saturated heterocycles. The number of aliphatic hydroxyl groups excluding tert-OH is 8. The van der Waals surface area contributed by atoms with Crippen molar-refractivity contribution in [3.63, 3.8) is 0 Å². The van der Waals surface area contributed by atoms with E-state index < -0.39 is 86.8 Å². The van der Waals surface area contributed by atoms with Gasteiger partial charge >= 0.3 is 0 Å². The van der Waals surface area contributed by atoms with Crippen molar-refractivity contribution in [1.82, 2.24) is 5.32 Å². The van der Waals surface area contributed by atoms with Crippen LogP contribution in [0.3, 0.4) is 0 Å². The number of rotatable bonds is 48. The van der Waals surface area contributed by atoms with Crippen LogP contribution in [0.5, 0.6) is 0 Å². The Morgan fingerprint density at radius 2 is 0.861 bits per heavy atom. The molecule has 2 aliphatic heterocycles. The standard InChI is InChI=1S/C58H111NO13/c1-3-5-7-9-11-13-15-17-19-21-23-24-26-28-30-32-34-36-38-40-42-50(63)59-46(47(62)41-39-37-35-33-31-29-27-25-22-20-18-16-14-12-10-8-6-4-2)45-69-57-55(68)53(66)56(49(44-61)71-57)72-58-54(67)52(65)51(64)48(43-60)70-58/h39,41,46-49,51-58,60-62,64-68H,3-38,40,42-45H2,1-2H3,(H,59,63)/b41-39+. The maximum atomic E-state index is 13.3. The molecule has 0 bridgehead atoms. The zero-order valence-electron chi connectivity index (χ0n) is 45.7. The number of nitrogens with one attached hydrogen (secondary N) is 1. The van der Waals surface area contributed by atoms with Crippen molar-refractivity contribution in [3.8, 4) is 0 Å². The Morgan fingerprint density at radius 3 is 1.28 bits per heavy atom. The number of ether oxygens (including phenoxy) is 4. The van der Waals surface area contributed by atoms with Crippen LogP contribution in [0.2, 0.25) is 0 Å². The predicted octanol–water partition coefficient (Wildman–Crippen LogP) is 9.89. The molecule has 0 aromatic heterocycles. The molecule has 12 unspecified atom stereocenters. The van der Waals surface area contributed by atoms with Gasteiger partial charge in [-0.2, -0.15) is 0 Å². The lowest BCUT2D eigenvalue weighted by atomic mass is 9.97. The van der Waals surface area contributed by atoms with Gasteiger partial charge in [0.15, 0.2) is 12.6 Å². The molecule has 2 aliphatic rings. The van der Waals surface area contributed by atoms with Crippen LogP contribution in [0, 0.1) is 0 Å². The summed E-state index contributed by atoms with van der Waals surface area (Å²) in [6.45, 7) is 2.83. The zero-order chi connectivity index (χ0) is 52.4. The van der Waals surface area contributed by atoms with E-state index in [0.717, 1.165) is 38.5 Å². The molecule has 0 saturated carbocycles. The first-order chi connectivity index (χ1) is 35.1. The van der Waals surface area contributed by atoms with E-state index in [-0.39, 0.29) is 18.9 Å². The molecule has 0 spiro atoms. The molecule has 0 aliphatic carbocycles. The molecule has 12 atom stereocenters. The third-order valence-corrected chi connectivity index (χ3v) is 15.0. The molecule has 0 aromatic carbocycles. The van der Waals surface area contributed by atoms with Crippen molar-refractivity contribution < 1.29 is 64.6 Å². The van der Waals surface area contributed by atoms with Crippen molar-refractivity contribution in [2.45, 2.75) is 331 Å². The van der Waals surface area contributed by atoms with Crippen LogP contribution in [0.15, 0.2) is 12.2 Å². The Labute approximate surface area is 437 Å². The van der Waals surface area contributed by atoms with Gasteiger partial charge in [0.2, 0.25) is 5.91 Å². The normalized spacial score (nSPS) is 25.6. The van der Waals surface area contributed by atoms with Crippen LogP contribution >= 0.6 is 0 Å². The lowest BCUT2D eigenvalue weighted by Gasteiger charge is -2.46. The Kier molecular flexibility index (Phi) is 41.6. The highest BCUT2D eigenvalue weighted by Crippen LogP contribution is 2.30. The van der Waals surface area contributed by atoms with Gasteiger partial charge in [0.1, 0.15) is 48.8 Å². The number of amides is 1. The van der Waals surface area contributed by atoms with E-state index in [1.54, 1.807) is 6.08 Å². The molecule has 0 aromatic rings. The van der Waals surface area contributed by atoms with Crippen molar-refractivity contribution in [3.05, 3.63) is 12.2 Å². The molecule has 2 rings (SSSR count). The van der Waals surface area contributed by atoms with Gasteiger partial charge in [-0.1, -0.05) is 244 Å². The van der Waals surface area contributed by atoms with E-state index in [2.05, 4.69) is 19.2 Å². The molecule has 2 fully saturated rings. The zero-order valence-corrected chi connectivity index (χ0v) is 45.7. The molecule has 0 radical (unpaired) electrons. The van der Waals surface area contributed by atoms with Crippen molar-refractivity contribution in [2.75, 3.05) is 19.8 Å². The van der Waals surface area contributed by atoms with Crippen molar-refractivity contribution >= 4 is 5.91 Å². The van der Waals surface area contributed by atoms with Crippen molar-refractivity contribution in [1.29, 1.82) is 0 Å². The van der Waals surface area contributed by atoms with Gasteiger partial charge in [-0.3, -0.25) is 4.79 Å². The molecule has 9 N–H and O–H groups in total. The molecular weight excluding hydrogens is 919 g/mol. The lowest BCUT2D eigenvalue weighted by Crippen LogP contribution is -2.65. The largest absolute Gasteiger partial charge is 0.394 e. The minimum atomic E-state index is -1.79. The molecule has 1 amide bonds. The number of allylic oxidation sites excluding steroid dienone is 1. The topological polar surface area (TPSA) is 228 Å². The number of hydrogen-bond acceptors (Lipinski definition) is 13. The third-order valence-electron chi connectivity index (χ3n) is 15.0.